The Morgan fingerprint density at radius 2 is 1.64 bits per heavy atom. The molecule has 33 heavy (non-hydrogen) atoms. The molecule has 3 aromatic carbocycles. The molecular weight excluding hydrogens is 464 g/mol. The van der Waals surface area contributed by atoms with Gasteiger partial charge in [0.2, 0.25) is 0 Å². The van der Waals surface area contributed by atoms with E-state index in [2.05, 4.69) is 4.72 Å². The number of nitrogens with zero attached hydrogens (tertiary/aromatic N) is 1. The first-order valence-corrected chi connectivity index (χ1v) is 11.9. The largest absolute Gasteiger partial charge is 0.497 e. The Bertz CT molecular complexity index is 1210. The highest BCUT2D eigenvalue weighted by atomic mass is 35.5. The van der Waals surface area contributed by atoms with Gasteiger partial charge in [-0.05, 0) is 66.6 Å². The monoisotopic (exact) mass is 488 g/mol. The van der Waals surface area contributed by atoms with Crippen LogP contribution in [0.2, 0.25) is 5.02 Å². The number of amides is 1. The van der Waals surface area contributed by atoms with Crippen LogP contribution in [0.25, 0.3) is 0 Å². The molecule has 0 saturated carbocycles. The number of anilines is 1. The van der Waals surface area contributed by atoms with Gasteiger partial charge in [0.05, 0.1) is 17.7 Å². The molecule has 0 saturated heterocycles. The molecule has 1 amide bonds. The zero-order chi connectivity index (χ0) is 24.0. The first kappa shape index (κ1) is 24.4. The van der Waals surface area contributed by atoms with Crippen LogP contribution in [0.4, 0.5) is 5.69 Å². The molecule has 0 heterocycles. The lowest BCUT2D eigenvalue weighted by atomic mass is 10.2. The number of ether oxygens (including phenoxy) is 2. The fourth-order valence-corrected chi connectivity index (χ4v) is 4.16. The Morgan fingerprint density at radius 3 is 2.24 bits per heavy atom. The molecule has 0 bridgehead atoms. The van der Waals surface area contributed by atoms with E-state index < -0.39 is 10.0 Å². The minimum absolute atomic E-state index is 0.0643. The fourth-order valence-electron chi connectivity index (χ4n) is 2.93. The second kappa shape index (κ2) is 10.6. The van der Waals surface area contributed by atoms with E-state index in [1.54, 1.807) is 37.3 Å². The van der Waals surface area contributed by atoms with Gasteiger partial charge in [0.15, 0.2) is 6.61 Å². The molecule has 0 aromatic heterocycles. The maximum absolute atomic E-state index is 12.6. The van der Waals surface area contributed by atoms with Crippen LogP contribution in [0.1, 0.15) is 11.1 Å². The molecule has 9 heteroatoms. The number of likely N-dealkylation sites (N-methyl/N-ethyl adjacent to an activating group) is 1. The maximum atomic E-state index is 12.6. The van der Waals surface area contributed by atoms with Crippen molar-refractivity contribution in [3.8, 4) is 11.5 Å². The average molecular weight is 489 g/mol. The quantitative estimate of drug-likeness (QED) is 0.479. The molecule has 3 rings (SSSR count). The van der Waals surface area contributed by atoms with E-state index >= 15 is 0 Å². The van der Waals surface area contributed by atoms with Gasteiger partial charge in [0.1, 0.15) is 11.5 Å². The molecule has 7 nitrogen and oxygen atoms in total. The van der Waals surface area contributed by atoms with Crippen molar-refractivity contribution in [3.05, 3.63) is 82.9 Å². The van der Waals surface area contributed by atoms with Crippen molar-refractivity contribution >= 4 is 33.2 Å². The lowest BCUT2D eigenvalue weighted by Gasteiger charge is -2.18. The van der Waals surface area contributed by atoms with Crippen LogP contribution >= 0.6 is 11.6 Å². The van der Waals surface area contributed by atoms with Gasteiger partial charge in [-0.15, -0.1) is 0 Å². The highest BCUT2D eigenvalue weighted by Gasteiger charge is 2.16. The van der Waals surface area contributed by atoms with Gasteiger partial charge in [0, 0.05) is 18.6 Å². The summed E-state index contributed by atoms with van der Waals surface area (Å²) in [5, 5.41) is 0.473. The van der Waals surface area contributed by atoms with Crippen molar-refractivity contribution in [1.29, 1.82) is 0 Å². The second-order valence-electron chi connectivity index (χ2n) is 7.43. The number of methoxy groups -OCH3 is 1. The number of carbonyl (C=O) groups is 1. The summed E-state index contributed by atoms with van der Waals surface area (Å²) in [5.74, 6) is 0.929. The van der Waals surface area contributed by atoms with Gasteiger partial charge in [-0.1, -0.05) is 29.8 Å². The summed E-state index contributed by atoms with van der Waals surface area (Å²) in [5.41, 5.74) is 2.19. The summed E-state index contributed by atoms with van der Waals surface area (Å²) >= 11 is 6.06. The van der Waals surface area contributed by atoms with Crippen molar-refractivity contribution in [2.24, 2.45) is 0 Å². The third kappa shape index (κ3) is 6.63. The highest BCUT2D eigenvalue weighted by Crippen LogP contribution is 2.23. The number of halogens is 1. The topological polar surface area (TPSA) is 84.9 Å². The molecule has 0 aliphatic carbocycles. The Morgan fingerprint density at radius 1 is 1.00 bits per heavy atom. The number of carbonyl (C=O) groups excluding carboxylic acids is 1. The van der Waals surface area contributed by atoms with Gasteiger partial charge >= 0.3 is 0 Å². The Labute approximate surface area is 198 Å². The molecule has 3 aromatic rings. The molecule has 1 N–H and O–H groups in total. The first-order chi connectivity index (χ1) is 15.7. The molecule has 0 radical (unpaired) electrons. The molecule has 0 spiro atoms. The summed E-state index contributed by atoms with van der Waals surface area (Å²) in [6.07, 6.45) is 0. The van der Waals surface area contributed by atoms with Crippen LogP contribution in [-0.2, 0) is 21.4 Å². The van der Waals surface area contributed by atoms with Crippen LogP contribution in [0.15, 0.2) is 71.6 Å². The molecule has 174 valence electrons. The highest BCUT2D eigenvalue weighted by molar-refractivity contribution is 7.92. The van der Waals surface area contributed by atoms with E-state index in [4.69, 9.17) is 21.1 Å². The minimum atomic E-state index is -3.79. The van der Waals surface area contributed by atoms with Gasteiger partial charge in [-0.2, -0.15) is 0 Å². The molecule has 0 fully saturated rings. The van der Waals surface area contributed by atoms with Crippen molar-refractivity contribution in [2.45, 2.75) is 18.4 Å². The lowest BCUT2D eigenvalue weighted by Crippen LogP contribution is -2.30. The van der Waals surface area contributed by atoms with E-state index in [0.29, 0.717) is 23.0 Å². The number of nitrogens with one attached hydrogen (secondary N) is 1. The normalized spacial score (nSPS) is 11.0. The molecule has 0 unspecified atom stereocenters. The van der Waals surface area contributed by atoms with E-state index in [0.717, 1.165) is 16.9 Å². The van der Waals surface area contributed by atoms with Gasteiger partial charge in [-0.3, -0.25) is 9.52 Å². The lowest BCUT2D eigenvalue weighted by molar-refractivity contribution is -0.132. The number of aryl methyl sites for hydroxylation is 1. The zero-order valence-corrected chi connectivity index (χ0v) is 20.1. The zero-order valence-electron chi connectivity index (χ0n) is 18.5. The standard InChI is InChI=1S/C24H25ClN2O5S/c1-17-4-7-19(14-23(17)25)26-33(29,30)22-12-10-21(11-13-22)32-16-24(28)27(2)15-18-5-8-20(31-3)9-6-18/h4-14,26H,15-16H2,1-3H3. The molecule has 0 aliphatic heterocycles. The third-order valence-electron chi connectivity index (χ3n) is 4.92. The number of rotatable bonds is 9. The number of sulfonamides is 1. The summed E-state index contributed by atoms with van der Waals surface area (Å²) in [6.45, 7) is 2.10. The second-order valence-corrected chi connectivity index (χ2v) is 9.52. The van der Waals surface area contributed by atoms with Crippen molar-refractivity contribution in [1.82, 2.24) is 4.90 Å². The molecular formula is C24H25ClN2O5S. The Balaban J connectivity index is 1.55. The average Bonchev–Trinajstić information content (AvgIpc) is 2.80. The van der Waals surface area contributed by atoms with Gasteiger partial charge in [-0.25, -0.2) is 8.42 Å². The molecule has 0 atom stereocenters. The predicted molar refractivity (Wildman–Crippen MR) is 128 cm³/mol. The number of hydrogen-bond donors (Lipinski definition) is 1. The Kier molecular flexibility index (Phi) is 7.84. The van der Waals surface area contributed by atoms with E-state index in [-0.39, 0.29) is 17.4 Å². The Hall–Kier alpha value is -3.23. The summed E-state index contributed by atoms with van der Waals surface area (Å²) in [4.78, 5) is 14.0. The third-order valence-corrected chi connectivity index (χ3v) is 6.73. The van der Waals surface area contributed by atoms with Gasteiger partial charge in [0.25, 0.3) is 15.9 Å². The van der Waals surface area contributed by atoms with Crippen molar-refractivity contribution in [2.75, 3.05) is 25.5 Å². The van der Waals surface area contributed by atoms with Crippen LogP contribution < -0.4 is 14.2 Å². The summed E-state index contributed by atoms with van der Waals surface area (Å²) in [7, 11) is -0.506. The SMILES string of the molecule is COc1ccc(CN(C)C(=O)COc2ccc(S(=O)(=O)Nc3ccc(C)c(Cl)c3)cc2)cc1. The number of benzene rings is 3. The van der Waals surface area contributed by atoms with Crippen molar-refractivity contribution in [3.63, 3.8) is 0 Å². The van der Waals surface area contributed by atoms with Gasteiger partial charge < -0.3 is 14.4 Å². The van der Waals surface area contributed by atoms with Crippen LogP contribution in [0.3, 0.4) is 0 Å². The smallest absolute Gasteiger partial charge is 0.261 e. The van der Waals surface area contributed by atoms with E-state index in [1.165, 1.54) is 24.3 Å². The first-order valence-electron chi connectivity index (χ1n) is 10.1. The predicted octanol–water partition coefficient (Wildman–Crippen LogP) is 4.50. The van der Waals surface area contributed by atoms with E-state index in [9.17, 15) is 13.2 Å². The van der Waals surface area contributed by atoms with E-state index in [1.807, 2.05) is 31.2 Å². The fraction of sp³-hybridized carbons (Fsp3) is 0.208. The summed E-state index contributed by atoms with van der Waals surface area (Å²) in [6, 6.07) is 18.2. The maximum Gasteiger partial charge on any atom is 0.261 e. The minimum Gasteiger partial charge on any atom is -0.497 e. The summed E-state index contributed by atoms with van der Waals surface area (Å²) < 4.78 is 38.4. The van der Waals surface area contributed by atoms with Crippen LogP contribution in [0, 0.1) is 6.92 Å². The van der Waals surface area contributed by atoms with Crippen molar-refractivity contribution < 1.29 is 22.7 Å². The van der Waals surface area contributed by atoms with Crippen LogP contribution in [-0.4, -0.2) is 40.0 Å². The molecule has 0 aliphatic rings. The number of hydrogen-bond acceptors (Lipinski definition) is 5. The van der Waals surface area contributed by atoms with Crippen LogP contribution in [0.5, 0.6) is 11.5 Å².